The first kappa shape index (κ1) is 39.2. The van der Waals surface area contributed by atoms with Gasteiger partial charge in [0.2, 0.25) is 5.95 Å². The number of nitrogens with one attached hydrogen (secondary N) is 1. The van der Waals surface area contributed by atoms with Gasteiger partial charge in [0.05, 0.1) is 18.8 Å². The van der Waals surface area contributed by atoms with Crippen LogP contribution in [0.25, 0.3) is 5.65 Å². The lowest BCUT2D eigenvalue weighted by Gasteiger charge is -2.45. The van der Waals surface area contributed by atoms with E-state index in [2.05, 4.69) is 10.4 Å². The third-order valence-electron chi connectivity index (χ3n) is 8.32. The normalized spacial score (nSPS) is 16.6. The van der Waals surface area contributed by atoms with Crippen LogP contribution in [0.15, 0.2) is 30.5 Å². The van der Waals surface area contributed by atoms with Gasteiger partial charge >= 0.3 is 18.3 Å². The number of rotatable bonds is 8. The number of fused-ring (bicyclic) bond motifs is 1. The van der Waals surface area contributed by atoms with Gasteiger partial charge < -0.3 is 30.2 Å². The third kappa shape index (κ3) is 10.5. The molecule has 0 aliphatic carbocycles. The Labute approximate surface area is 301 Å². The minimum Gasteiger partial charge on any atom is -0.444 e. The second-order valence-corrected chi connectivity index (χ2v) is 16.9. The molecule has 0 radical (unpaired) electrons. The standard InChI is InChI=1S/C37H56N8O6/c1-23(2)27-20-39-45-29(27)41-28(42-30(45)43(32(47)50-34(3,4)5)21-24-14-13-15-25(38)18-24)19-37(11,12)49-31(46)40-26-16-17-36(9,10)44(22-26)33(48)51-35(6,7)8/h13-15,18,20,23,26H,16-17,19,21-22,38H2,1-12H3,(H,40,46)/t26-/m0/s1. The Hall–Kier alpha value is -4.62. The number of nitrogen functional groups attached to an aromatic ring is 1. The van der Waals surface area contributed by atoms with Gasteiger partial charge in [0.15, 0.2) is 5.65 Å². The van der Waals surface area contributed by atoms with Gasteiger partial charge in [0, 0.05) is 29.8 Å². The Bertz CT molecular complexity index is 1740. The van der Waals surface area contributed by atoms with Crippen molar-refractivity contribution in [1.29, 1.82) is 0 Å². The molecule has 4 rings (SSSR count). The van der Waals surface area contributed by atoms with Crippen LogP contribution in [-0.4, -0.2) is 77.7 Å². The van der Waals surface area contributed by atoms with Crippen LogP contribution in [0.4, 0.5) is 26.0 Å². The number of piperidine rings is 1. The van der Waals surface area contributed by atoms with Crippen molar-refractivity contribution in [1.82, 2.24) is 29.8 Å². The fourth-order valence-electron chi connectivity index (χ4n) is 5.83. The molecule has 2 aromatic heterocycles. The van der Waals surface area contributed by atoms with Crippen molar-refractivity contribution >= 4 is 35.6 Å². The topological polar surface area (TPSA) is 167 Å². The Morgan fingerprint density at radius 2 is 1.69 bits per heavy atom. The molecule has 3 amide bonds. The first-order valence-corrected chi connectivity index (χ1v) is 17.5. The molecule has 14 nitrogen and oxygen atoms in total. The van der Waals surface area contributed by atoms with E-state index in [1.165, 1.54) is 9.42 Å². The number of alkyl carbamates (subject to hydrolysis) is 1. The van der Waals surface area contributed by atoms with Crippen LogP contribution in [0.3, 0.4) is 0 Å². The SMILES string of the molecule is CC(C)c1cnn2c(N(Cc3cccc(N)c3)C(=O)OC(C)(C)C)nc(CC(C)(C)OC(=O)N[C@H]3CCC(C)(C)N(C(=O)OC(C)(C)C)C3)nc12. The molecule has 3 heterocycles. The molecule has 0 saturated carbocycles. The largest absolute Gasteiger partial charge is 0.444 e. The van der Waals surface area contributed by atoms with Gasteiger partial charge in [-0.25, -0.2) is 24.3 Å². The highest BCUT2D eigenvalue weighted by Crippen LogP contribution is 2.30. The molecule has 1 aliphatic rings. The molecule has 1 aliphatic heterocycles. The van der Waals surface area contributed by atoms with Crippen molar-refractivity contribution in [3.63, 3.8) is 0 Å². The average Bonchev–Trinajstić information content (AvgIpc) is 3.38. The number of nitrogens with two attached hydrogens (primary N) is 1. The summed E-state index contributed by atoms with van der Waals surface area (Å²) in [5.41, 5.74) is 5.86. The van der Waals surface area contributed by atoms with E-state index in [4.69, 9.17) is 29.9 Å². The minimum atomic E-state index is -1.07. The van der Waals surface area contributed by atoms with Crippen LogP contribution in [0.5, 0.6) is 0 Å². The summed E-state index contributed by atoms with van der Waals surface area (Å²) >= 11 is 0. The predicted octanol–water partition coefficient (Wildman–Crippen LogP) is 7.00. The highest BCUT2D eigenvalue weighted by molar-refractivity contribution is 5.86. The second-order valence-electron chi connectivity index (χ2n) is 16.9. The molecule has 1 aromatic carbocycles. The van der Waals surface area contributed by atoms with E-state index in [-0.39, 0.29) is 37.4 Å². The maximum Gasteiger partial charge on any atom is 0.417 e. The number of hydrogen-bond acceptors (Lipinski definition) is 10. The van der Waals surface area contributed by atoms with Crippen molar-refractivity contribution in [2.75, 3.05) is 17.2 Å². The van der Waals surface area contributed by atoms with Crippen LogP contribution in [-0.2, 0) is 27.2 Å². The van der Waals surface area contributed by atoms with Gasteiger partial charge in [-0.15, -0.1) is 0 Å². The molecular formula is C37H56N8O6. The number of carbonyl (C=O) groups excluding carboxylic acids is 3. The second kappa shape index (κ2) is 14.5. The van der Waals surface area contributed by atoms with Gasteiger partial charge in [0.25, 0.3) is 0 Å². The highest BCUT2D eigenvalue weighted by Gasteiger charge is 2.40. The number of aromatic nitrogens is 4. The van der Waals surface area contributed by atoms with Crippen LogP contribution < -0.4 is 16.0 Å². The summed E-state index contributed by atoms with van der Waals surface area (Å²) in [6.45, 7) is 22.8. The number of ether oxygens (including phenoxy) is 3. The number of anilines is 2. The molecule has 0 bridgehead atoms. The van der Waals surface area contributed by atoms with E-state index in [1.807, 2.05) is 60.6 Å². The molecule has 1 atom stereocenters. The maximum absolute atomic E-state index is 13.8. The van der Waals surface area contributed by atoms with Crippen LogP contribution in [0.1, 0.15) is 119 Å². The zero-order valence-electron chi connectivity index (χ0n) is 32.3. The smallest absolute Gasteiger partial charge is 0.417 e. The Balaban J connectivity index is 1.61. The number of carbonyl (C=O) groups is 3. The Morgan fingerprint density at radius 1 is 1.02 bits per heavy atom. The van der Waals surface area contributed by atoms with Gasteiger partial charge in [0.1, 0.15) is 22.6 Å². The van der Waals surface area contributed by atoms with E-state index >= 15 is 0 Å². The predicted molar refractivity (Wildman–Crippen MR) is 196 cm³/mol. The summed E-state index contributed by atoms with van der Waals surface area (Å²) in [6, 6.07) is 6.91. The summed E-state index contributed by atoms with van der Waals surface area (Å²) in [5, 5.41) is 7.53. The van der Waals surface area contributed by atoms with Crippen molar-refractivity contribution in [2.24, 2.45) is 0 Å². The molecule has 51 heavy (non-hydrogen) atoms. The van der Waals surface area contributed by atoms with Crippen molar-refractivity contribution in [2.45, 2.75) is 143 Å². The molecule has 0 unspecified atom stereocenters. The van der Waals surface area contributed by atoms with Crippen molar-refractivity contribution < 1.29 is 28.6 Å². The van der Waals surface area contributed by atoms with E-state index in [9.17, 15) is 14.4 Å². The molecule has 3 N–H and O–H groups in total. The number of amides is 3. The van der Waals surface area contributed by atoms with E-state index in [0.29, 0.717) is 30.0 Å². The fourth-order valence-corrected chi connectivity index (χ4v) is 5.83. The number of likely N-dealkylation sites (tertiary alicyclic amines) is 1. The number of nitrogens with zero attached hydrogens (tertiary/aromatic N) is 6. The Morgan fingerprint density at radius 3 is 2.29 bits per heavy atom. The summed E-state index contributed by atoms with van der Waals surface area (Å²) in [4.78, 5) is 52.9. The van der Waals surface area contributed by atoms with Gasteiger partial charge in [-0.1, -0.05) is 26.0 Å². The minimum absolute atomic E-state index is 0.0674. The van der Waals surface area contributed by atoms with Crippen LogP contribution in [0.2, 0.25) is 0 Å². The lowest BCUT2D eigenvalue weighted by Crippen LogP contribution is -2.59. The van der Waals surface area contributed by atoms with E-state index in [0.717, 1.165) is 11.1 Å². The van der Waals surface area contributed by atoms with E-state index in [1.54, 1.807) is 57.8 Å². The van der Waals surface area contributed by atoms with Crippen molar-refractivity contribution in [3.8, 4) is 0 Å². The summed E-state index contributed by atoms with van der Waals surface area (Å²) < 4.78 is 19.0. The monoisotopic (exact) mass is 708 g/mol. The lowest BCUT2D eigenvalue weighted by molar-refractivity contribution is -0.0142. The lowest BCUT2D eigenvalue weighted by atomic mass is 9.88. The first-order valence-electron chi connectivity index (χ1n) is 17.5. The molecule has 280 valence electrons. The number of benzene rings is 1. The molecule has 3 aromatic rings. The van der Waals surface area contributed by atoms with Crippen LogP contribution in [0, 0.1) is 0 Å². The maximum atomic E-state index is 13.8. The quantitative estimate of drug-likeness (QED) is 0.184. The molecule has 0 spiro atoms. The zero-order valence-corrected chi connectivity index (χ0v) is 32.3. The zero-order chi connectivity index (χ0) is 38.1. The first-order chi connectivity index (χ1) is 23.4. The molecule has 1 fully saturated rings. The highest BCUT2D eigenvalue weighted by atomic mass is 16.6. The van der Waals surface area contributed by atoms with Gasteiger partial charge in [-0.2, -0.15) is 14.6 Å². The molecule has 14 heteroatoms. The number of hydrogen-bond donors (Lipinski definition) is 2. The third-order valence-corrected chi connectivity index (χ3v) is 8.32. The average molecular weight is 709 g/mol. The molecular weight excluding hydrogens is 652 g/mol. The van der Waals surface area contributed by atoms with Gasteiger partial charge in [-0.05, 0) is 106 Å². The van der Waals surface area contributed by atoms with Crippen molar-refractivity contribution in [3.05, 3.63) is 47.4 Å². The van der Waals surface area contributed by atoms with Crippen LogP contribution >= 0.6 is 0 Å². The summed E-state index contributed by atoms with van der Waals surface area (Å²) in [6.07, 6.45) is 1.50. The summed E-state index contributed by atoms with van der Waals surface area (Å²) in [7, 11) is 0. The molecule has 1 saturated heterocycles. The Kier molecular flexibility index (Phi) is 11.2. The summed E-state index contributed by atoms with van der Waals surface area (Å²) in [5.74, 6) is 0.609. The van der Waals surface area contributed by atoms with Gasteiger partial charge in [-0.3, -0.25) is 0 Å². The fraction of sp³-hybridized carbons (Fsp3) is 0.622. The van der Waals surface area contributed by atoms with E-state index < -0.39 is 40.6 Å².